The molecular weight excluding hydrogens is 737 g/mol. The molecule has 0 spiro atoms. The second-order valence-electron chi connectivity index (χ2n) is 13.1. The van der Waals surface area contributed by atoms with Gasteiger partial charge in [0.2, 0.25) is 0 Å². The second kappa shape index (κ2) is 17.9. The van der Waals surface area contributed by atoms with Gasteiger partial charge in [-0.25, -0.2) is 4.39 Å². The third-order valence-corrected chi connectivity index (χ3v) is 9.47. The van der Waals surface area contributed by atoms with Crippen LogP contribution in [0.1, 0.15) is 59.1 Å². The van der Waals surface area contributed by atoms with E-state index in [1.807, 2.05) is 62.5 Å². The fraction of sp³-hybridized carbons (Fsp3) is 0.233. The summed E-state index contributed by atoms with van der Waals surface area (Å²) >= 11 is 5.00. The number of esters is 1. The van der Waals surface area contributed by atoms with Crippen LogP contribution in [0.2, 0.25) is 0 Å². The number of benzene rings is 4. The van der Waals surface area contributed by atoms with Crippen LogP contribution in [0.25, 0.3) is 32.6 Å². The molecule has 2 aliphatic heterocycles. The summed E-state index contributed by atoms with van der Waals surface area (Å²) in [6, 6.07) is 23.3. The maximum absolute atomic E-state index is 13.7. The molecule has 0 aliphatic carbocycles. The Labute approximate surface area is 327 Å². The number of carbonyl (C=O) groups excluding carboxylic acids is 5. The molecule has 288 valence electrons. The van der Waals surface area contributed by atoms with E-state index in [0.717, 1.165) is 55.4 Å². The molecule has 0 saturated carbocycles. The van der Waals surface area contributed by atoms with Gasteiger partial charge in [-0.2, -0.15) is 0 Å². The molecule has 56 heavy (non-hydrogen) atoms. The normalized spacial score (nSPS) is 13.1. The number of fused-ring (bicyclic) bond motifs is 5. The average molecular weight is 778 g/mol. The van der Waals surface area contributed by atoms with Crippen LogP contribution in [0, 0.1) is 5.82 Å². The molecule has 13 heteroatoms. The number of hydrogen-bond donors (Lipinski definition) is 3. The summed E-state index contributed by atoms with van der Waals surface area (Å²) in [4.78, 5) is 69.2. The number of rotatable bonds is 10. The minimum atomic E-state index is -0.364. The summed E-state index contributed by atoms with van der Waals surface area (Å²) in [5.41, 5.74) is 5.40. The van der Waals surface area contributed by atoms with Gasteiger partial charge in [0.05, 0.1) is 11.4 Å². The lowest BCUT2D eigenvalue weighted by Gasteiger charge is -2.19. The summed E-state index contributed by atoms with van der Waals surface area (Å²) in [6.45, 7) is 2.76. The molecule has 0 radical (unpaired) electrons. The van der Waals surface area contributed by atoms with Gasteiger partial charge in [0, 0.05) is 83.5 Å². The molecular formula is C43H41ClFN5O6. The quantitative estimate of drug-likeness (QED) is 0.0317. The van der Waals surface area contributed by atoms with E-state index in [1.54, 1.807) is 23.1 Å². The lowest BCUT2D eigenvalue weighted by Crippen LogP contribution is -2.30. The van der Waals surface area contributed by atoms with Crippen molar-refractivity contribution in [3.63, 3.8) is 0 Å². The van der Waals surface area contributed by atoms with Gasteiger partial charge >= 0.3 is 5.97 Å². The molecule has 6 aromatic rings. The predicted molar refractivity (Wildman–Crippen MR) is 217 cm³/mol. The number of ether oxygens (including phenoxy) is 1. The third kappa shape index (κ3) is 8.82. The summed E-state index contributed by atoms with van der Waals surface area (Å²) in [6.07, 6.45) is 6.04. The van der Waals surface area contributed by atoms with Gasteiger partial charge in [0.15, 0.2) is 6.29 Å². The zero-order chi connectivity index (χ0) is 39.8. The highest BCUT2D eigenvalue weighted by atomic mass is 35.5. The predicted octanol–water partition coefficient (Wildman–Crippen LogP) is 8.32. The molecule has 0 saturated heterocycles. The summed E-state index contributed by atoms with van der Waals surface area (Å²) in [5, 5.41) is 6.58. The molecule has 0 unspecified atom stereocenters. The van der Waals surface area contributed by atoms with E-state index in [2.05, 4.69) is 15.3 Å². The zero-order valence-electron chi connectivity index (χ0n) is 31.0. The van der Waals surface area contributed by atoms with E-state index in [4.69, 9.17) is 16.3 Å². The third-order valence-electron chi connectivity index (χ3n) is 9.47. The molecule has 2 aromatic heterocycles. The number of anilines is 2. The first-order valence-electron chi connectivity index (χ1n) is 18.3. The fourth-order valence-corrected chi connectivity index (χ4v) is 6.81. The fourth-order valence-electron chi connectivity index (χ4n) is 6.81. The van der Waals surface area contributed by atoms with Crippen LogP contribution >= 0.6 is 11.6 Å². The number of halogens is 2. The van der Waals surface area contributed by atoms with Crippen molar-refractivity contribution in [3.8, 4) is 5.75 Å². The van der Waals surface area contributed by atoms with E-state index in [0.29, 0.717) is 62.2 Å². The molecule has 0 bridgehead atoms. The van der Waals surface area contributed by atoms with Crippen molar-refractivity contribution in [2.45, 2.75) is 39.0 Å². The first-order valence-corrected chi connectivity index (χ1v) is 18.9. The van der Waals surface area contributed by atoms with Crippen molar-refractivity contribution >= 4 is 85.5 Å². The molecule has 0 atom stereocenters. The highest BCUT2D eigenvalue weighted by molar-refractivity contribution is 6.17. The number of nitrogens with one attached hydrogen (secondary N) is 3. The number of aromatic nitrogens is 2. The Morgan fingerprint density at radius 1 is 0.893 bits per heavy atom. The molecule has 4 aromatic carbocycles. The van der Waals surface area contributed by atoms with Crippen molar-refractivity contribution in [2.24, 2.45) is 0 Å². The minimum Gasteiger partial charge on any atom is -0.426 e. The molecule has 4 heterocycles. The lowest BCUT2D eigenvalue weighted by atomic mass is 10.0. The van der Waals surface area contributed by atoms with E-state index in [-0.39, 0.29) is 35.9 Å². The van der Waals surface area contributed by atoms with Crippen molar-refractivity contribution in [3.05, 3.63) is 114 Å². The van der Waals surface area contributed by atoms with Gasteiger partial charge in [-0.15, -0.1) is 11.6 Å². The van der Waals surface area contributed by atoms with E-state index < -0.39 is 0 Å². The van der Waals surface area contributed by atoms with Crippen LogP contribution in [0.3, 0.4) is 0 Å². The molecule has 2 aliphatic rings. The van der Waals surface area contributed by atoms with Gasteiger partial charge < -0.3 is 24.9 Å². The number of H-pyrrole nitrogens is 2. The summed E-state index contributed by atoms with van der Waals surface area (Å²) in [5.74, 6) is -0.228. The number of nitrogens with zero attached hydrogens (tertiary/aromatic N) is 2. The van der Waals surface area contributed by atoms with E-state index in [9.17, 15) is 28.4 Å². The zero-order valence-corrected chi connectivity index (χ0v) is 31.8. The Hall–Kier alpha value is -6.27. The number of aldehydes is 1. The van der Waals surface area contributed by atoms with Crippen LogP contribution in [0.15, 0.2) is 91.0 Å². The smallest absolute Gasteiger partial charge is 0.311 e. The average Bonchev–Trinajstić information content (AvgIpc) is 4.00. The Kier molecular flexibility index (Phi) is 12.6. The van der Waals surface area contributed by atoms with E-state index in [1.165, 1.54) is 29.2 Å². The summed E-state index contributed by atoms with van der Waals surface area (Å²) < 4.78 is 18.5. The highest BCUT2D eigenvalue weighted by Gasteiger charge is 2.30. The Bertz CT molecular complexity index is 2450. The number of amides is 3. The van der Waals surface area contributed by atoms with Crippen LogP contribution < -0.4 is 15.0 Å². The topological polar surface area (TPSA) is 145 Å². The largest absolute Gasteiger partial charge is 0.426 e. The molecule has 11 nitrogen and oxygen atoms in total. The number of hydrogen-bond acceptors (Lipinski definition) is 7. The first kappa shape index (κ1) is 39.4. The highest BCUT2D eigenvalue weighted by Crippen LogP contribution is 2.41. The van der Waals surface area contributed by atoms with Crippen LogP contribution in [-0.4, -0.2) is 70.9 Å². The number of unbranched alkanes of at least 4 members (excludes halogenated alkanes) is 2. The van der Waals surface area contributed by atoms with Gasteiger partial charge in [-0.3, -0.25) is 28.9 Å². The lowest BCUT2D eigenvalue weighted by molar-refractivity contribution is -0.137. The van der Waals surface area contributed by atoms with Crippen LogP contribution in [-0.2, 0) is 20.8 Å². The van der Waals surface area contributed by atoms with Crippen LogP contribution in [0.5, 0.6) is 5.75 Å². The number of carbonyl (C=O) groups is 5. The molecule has 3 N–H and O–H groups in total. The summed E-state index contributed by atoms with van der Waals surface area (Å²) in [7, 11) is 1.86. The van der Waals surface area contributed by atoms with Crippen molar-refractivity contribution in [1.82, 2.24) is 14.9 Å². The number of imide groups is 1. The Balaban J connectivity index is 0.000000296. The van der Waals surface area contributed by atoms with Gasteiger partial charge in [0.25, 0.3) is 17.7 Å². The van der Waals surface area contributed by atoms with E-state index >= 15 is 0 Å². The van der Waals surface area contributed by atoms with Gasteiger partial charge in [-0.1, -0.05) is 37.6 Å². The Morgan fingerprint density at radius 3 is 2.32 bits per heavy atom. The monoisotopic (exact) mass is 777 g/mol. The molecule has 3 amide bonds. The minimum absolute atomic E-state index is 0.135. The van der Waals surface area contributed by atoms with Crippen molar-refractivity contribution in [1.29, 1.82) is 0 Å². The maximum Gasteiger partial charge on any atom is 0.311 e. The van der Waals surface area contributed by atoms with Gasteiger partial charge in [0.1, 0.15) is 17.3 Å². The molecule has 8 rings (SSSR count). The first-order chi connectivity index (χ1) is 27.1. The number of alkyl halides is 1. The molecule has 0 fully saturated rings. The SMILES string of the molecule is CCCl.CNc1ccc2[nH]c(C(=O)N3CCc4c3cc(OC(=O)CCCCCN3C(=O)C=CC3=O)c3ccccc43)cc2c1.O=Cc1cc2cc(F)ccc2[nH]1. The number of aromatic amines is 2. The van der Waals surface area contributed by atoms with Crippen molar-refractivity contribution < 1.29 is 33.1 Å². The Morgan fingerprint density at radius 2 is 1.59 bits per heavy atom. The van der Waals surface area contributed by atoms with Crippen molar-refractivity contribution in [2.75, 3.05) is 36.2 Å². The van der Waals surface area contributed by atoms with Gasteiger partial charge in [-0.05, 0) is 78.7 Å². The maximum atomic E-state index is 13.7. The standard InChI is InChI=1S/C32H30N4O5.C9H6FNO.C2H5Cl/c1-33-21-10-11-25-20(17-21)18-26(34-25)32(40)35-16-14-23-22-7-4-5-8-24(22)28(19-27(23)35)41-31(39)9-3-2-6-15-36-29(37)12-13-30(36)38;10-7-1-2-9-6(3-7)4-8(5-12)11-9;1-2-3/h4-5,7-8,10-13,17-19,33-34H,2-3,6,9,14-16H2,1H3;1-5,11H;2H2,1H3. The second-order valence-corrected chi connectivity index (χ2v) is 13.7. The van der Waals surface area contributed by atoms with Crippen LogP contribution in [0.4, 0.5) is 15.8 Å².